The van der Waals surface area contributed by atoms with E-state index in [1.807, 2.05) is 17.6 Å². The minimum atomic E-state index is 0.555. The fraction of sp³-hybridized carbons (Fsp3) is 0.571. The second kappa shape index (κ2) is 8.16. The van der Waals surface area contributed by atoms with Gasteiger partial charge >= 0.3 is 0 Å². The molecule has 120 valence electrons. The van der Waals surface area contributed by atoms with Gasteiger partial charge in [-0.15, -0.1) is 10.2 Å². The smallest absolute Gasteiger partial charge is 0.191 e. The topological polar surface area (TPSA) is 93.2 Å². The van der Waals surface area contributed by atoms with Crippen LogP contribution in [-0.4, -0.2) is 39.5 Å². The Kier molecular flexibility index (Phi) is 5.93. The van der Waals surface area contributed by atoms with E-state index in [-0.39, 0.29) is 0 Å². The van der Waals surface area contributed by atoms with Crippen LogP contribution in [0.25, 0.3) is 0 Å². The molecule has 2 aromatic rings. The largest absolute Gasteiger partial charge is 0.359 e. The highest BCUT2D eigenvalue weighted by Gasteiger charge is 2.05. The molecule has 0 saturated heterocycles. The van der Waals surface area contributed by atoms with Crippen LogP contribution in [0.3, 0.4) is 0 Å². The van der Waals surface area contributed by atoms with Crippen LogP contribution in [0.5, 0.6) is 0 Å². The summed E-state index contributed by atoms with van der Waals surface area (Å²) in [6, 6.07) is 1.95. The number of aromatic nitrogens is 4. The maximum absolute atomic E-state index is 5.23. The molecule has 0 bridgehead atoms. The number of nitrogens with one attached hydrogen (secondary N) is 2. The van der Waals surface area contributed by atoms with Crippen LogP contribution >= 0.6 is 0 Å². The van der Waals surface area contributed by atoms with E-state index >= 15 is 0 Å². The molecule has 2 rings (SSSR count). The third-order valence-electron chi connectivity index (χ3n) is 3.28. The molecule has 2 N–H and O–H groups in total. The number of aliphatic imine (C=N–C) groups is 1. The Bertz CT molecular complexity index is 602. The first-order valence-corrected chi connectivity index (χ1v) is 7.52. The fourth-order valence-corrected chi connectivity index (χ4v) is 2.03. The zero-order chi connectivity index (χ0) is 15.8. The first-order chi connectivity index (χ1) is 10.8. The van der Waals surface area contributed by atoms with Gasteiger partial charge in [-0.3, -0.25) is 4.99 Å². The maximum Gasteiger partial charge on any atom is 0.191 e. The second-order valence-electron chi connectivity index (χ2n) is 4.78. The highest BCUT2D eigenvalue weighted by atomic mass is 16.5. The number of aryl methyl sites for hydroxylation is 2. The van der Waals surface area contributed by atoms with Crippen LogP contribution < -0.4 is 10.6 Å². The molecule has 0 aliphatic carbocycles. The van der Waals surface area contributed by atoms with Crippen molar-refractivity contribution in [3.63, 3.8) is 0 Å². The van der Waals surface area contributed by atoms with Crippen LogP contribution in [0.15, 0.2) is 21.9 Å². The van der Waals surface area contributed by atoms with Crippen molar-refractivity contribution in [2.75, 3.05) is 13.6 Å². The molecular weight excluding hydrogens is 282 g/mol. The molecule has 22 heavy (non-hydrogen) atoms. The number of hydrogen-bond acceptors (Lipinski definition) is 5. The fourth-order valence-electron chi connectivity index (χ4n) is 2.03. The first-order valence-electron chi connectivity index (χ1n) is 7.52. The maximum atomic E-state index is 5.23. The summed E-state index contributed by atoms with van der Waals surface area (Å²) in [6.45, 7) is 6.20. The van der Waals surface area contributed by atoms with E-state index in [4.69, 9.17) is 4.52 Å². The Balaban J connectivity index is 1.75. The summed E-state index contributed by atoms with van der Waals surface area (Å²) in [4.78, 5) is 4.18. The molecule has 0 amide bonds. The SMILES string of the molecule is CCc1cc(CNC(=NC)NCCn2cnnc2CC)on1. The summed E-state index contributed by atoms with van der Waals surface area (Å²) >= 11 is 0. The van der Waals surface area contributed by atoms with Crippen LogP contribution in [0.2, 0.25) is 0 Å². The molecule has 0 spiro atoms. The monoisotopic (exact) mass is 305 g/mol. The Morgan fingerprint density at radius 3 is 2.86 bits per heavy atom. The van der Waals surface area contributed by atoms with Gasteiger partial charge in [0.1, 0.15) is 12.2 Å². The number of guanidine groups is 1. The molecule has 0 fully saturated rings. The Labute approximate surface area is 130 Å². The van der Waals surface area contributed by atoms with Crippen LogP contribution in [0.1, 0.15) is 31.1 Å². The van der Waals surface area contributed by atoms with E-state index in [0.29, 0.717) is 6.54 Å². The lowest BCUT2D eigenvalue weighted by Crippen LogP contribution is -2.38. The summed E-state index contributed by atoms with van der Waals surface area (Å²) in [5, 5.41) is 18.4. The molecule has 2 aromatic heterocycles. The third kappa shape index (κ3) is 4.31. The van der Waals surface area contributed by atoms with Crippen LogP contribution in [-0.2, 0) is 25.9 Å². The van der Waals surface area contributed by atoms with E-state index in [1.54, 1.807) is 13.4 Å². The van der Waals surface area contributed by atoms with Crippen LogP contribution in [0, 0.1) is 0 Å². The minimum absolute atomic E-state index is 0.555. The van der Waals surface area contributed by atoms with Crippen molar-refractivity contribution < 1.29 is 4.52 Å². The molecule has 0 aliphatic rings. The number of hydrogen-bond donors (Lipinski definition) is 2. The van der Waals surface area contributed by atoms with E-state index < -0.39 is 0 Å². The molecule has 0 radical (unpaired) electrons. The molecular formula is C14H23N7O. The van der Waals surface area contributed by atoms with E-state index in [9.17, 15) is 0 Å². The lowest BCUT2D eigenvalue weighted by atomic mass is 10.3. The second-order valence-corrected chi connectivity index (χ2v) is 4.78. The normalized spacial score (nSPS) is 11.7. The average Bonchev–Trinajstić information content (AvgIpc) is 3.19. The lowest BCUT2D eigenvalue weighted by molar-refractivity contribution is 0.374. The zero-order valence-corrected chi connectivity index (χ0v) is 13.3. The predicted octanol–water partition coefficient (Wildman–Crippen LogP) is 0.756. The van der Waals surface area contributed by atoms with Gasteiger partial charge in [-0.2, -0.15) is 0 Å². The summed E-state index contributed by atoms with van der Waals surface area (Å²) in [7, 11) is 1.74. The van der Waals surface area contributed by atoms with Gasteiger partial charge in [-0.25, -0.2) is 0 Å². The van der Waals surface area contributed by atoms with Gasteiger partial charge in [0.05, 0.1) is 12.2 Å². The highest BCUT2D eigenvalue weighted by Crippen LogP contribution is 2.03. The highest BCUT2D eigenvalue weighted by molar-refractivity contribution is 5.79. The minimum Gasteiger partial charge on any atom is -0.359 e. The molecule has 0 saturated carbocycles. The molecule has 0 aliphatic heterocycles. The summed E-state index contributed by atoms with van der Waals surface area (Å²) in [5.74, 6) is 2.51. The zero-order valence-electron chi connectivity index (χ0n) is 13.3. The van der Waals surface area contributed by atoms with Gasteiger partial charge in [0.2, 0.25) is 0 Å². The Morgan fingerprint density at radius 2 is 2.18 bits per heavy atom. The van der Waals surface area contributed by atoms with Gasteiger partial charge in [0.15, 0.2) is 11.7 Å². The van der Waals surface area contributed by atoms with Crippen molar-refractivity contribution in [1.29, 1.82) is 0 Å². The molecule has 0 atom stereocenters. The van der Waals surface area contributed by atoms with Crippen molar-refractivity contribution in [3.8, 4) is 0 Å². The van der Waals surface area contributed by atoms with E-state index in [1.165, 1.54) is 0 Å². The summed E-state index contributed by atoms with van der Waals surface area (Å²) < 4.78 is 7.26. The van der Waals surface area contributed by atoms with Gasteiger partial charge < -0.3 is 19.7 Å². The Hall–Kier alpha value is -2.38. The van der Waals surface area contributed by atoms with Crippen molar-refractivity contribution in [2.45, 2.75) is 39.8 Å². The van der Waals surface area contributed by atoms with E-state index in [2.05, 4.69) is 37.9 Å². The first kappa shape index (κ1) is 16.0. The molecule has 8 heteroatoms. The van der Waals surface area contributed by atoms with E-state index in [0.717, 1.165) is 49.2 Å². The van der Waals surface area contributed by atoms with Crippen molar-refractivity contribution in [3.05, 3.63) is 29.7 Å². The average molecular weight is 305 g/mol. The predicted molar refractivity (Wildman–Crippen MR) is 83.5 cm³/mol. The standard InChI is InChI=1S/C14H23N7O/c1-4-11-8-12(22-20-11)9-17-14(15-3)16-6-7-21-10-18-19-13(21)5-2/h8,10H,4-7,9H2,1-3H3,(H2,15,16,17). The van der Waals surface area contributed by atoms with Crippen molar-refractivity contribution in [1.82, 2.24) is 30.6 Å². The third-order valence-corrected chi connectivity index (χ3v) is 3.28. The number of nitrogens with zero attached hydrogens (tertiary/aromatic N) is 5. The summed E-state index contributed by atoms with van der Waals surface area (Å²) in [5.41, 5.74) is 0.958. The number of rotatable bonds is 7. The van der Waals surface area contributed by atoms with Gasteiger partial charge in [0.25, 0.3) is 0 Å². The van der Waals surface area contributed by atoms with Crippen molar-refractivity contribution in [2.24, 2.45) is 4.99 Å². The quantitative estimate of drug-likeness (QED) is 0.579. The molecule has 0 aromatic carbocycles. The van der Waals surface area contributed by atoms with Gasteiger partial charge in [0, 0.05) is 32.6 Å². The van der Waals surface area contributed by atoms with Crippen LogP contribution in [0.4, 0.5) is 0 Å². The van der Waals surface area contributed by atoms with Gasteiger partial charge in [-0.05, 0) is 6.42 Å². The van der Waals surface area contributed by atoms with Crippen molar-refractivity contribution >= 4 is 5.96 Å². The molecule has 2 heterocycles. The molecule has 8 nitrogen and oxygen atoms in total. The molecule has 0 unspecified atom stereocenters. The van der Waals surface area contributed by atoms with Gasteiger partial charge in [-0.1, -0.05) is 19.0 Å². The lowest BCUT2D eigenvalue weighted by Gasteiger charge is -2.11. The Morgan fingerprint density at radius 1 is 1.32 bits per heavy atom. The summed E-state index contributed by atoms with van der Waals surface area (Å²) in [6.07, 6.45) is 3.49.